The molecule has 0 fully saturated rings. The van der Waals surface area contributed by atoms with Crippen molar-refractivity contribution < 1.29 is 0 Å². The predicted octanol–water partition coefficient (Wildman–Crippen LogP) is 15.9. The first-order chi connectivity index (χ1) is 28.3. The molecule has 266 valence electrons. The topological polar surface area (TPSA) is 3.24 Å². The summed E-state index contributed by atoms with van der Waals surface area (Å²) in [5, 5.41) is 12.4. The maximum Gasteiger partial charge on any atom is 0.0624 e. The van der Waals surface area contributed by atoms with Gasteiger partial charge in [-0.25, -0.2) is 0 Å². The van der Waals surface area contributed by atoms with Gasteiger partial charge in [-0.1, -0.05) is 188 Å². The minimum atomic E-state index is 1.10. The summed E-state index contributed by atoms with van der Waals surface area (Å²) in [7, 11) is 0. The van der Waals surface area contributed by atoms with E-state index in [9.17, 15) is 0 Å². The van der Waals surface area contributed by atoms with E-state index < -0.39 is 0 Å². The summed E-state index contributed by atoms with van der Waals surface area (Å²) < 4.78 is 0. The second-order valence-corrected chi connectivity index (χ2v) is 14.9. The predicted molar refractivity (Wildman–Crippen MR) is 245 cm³/mol. The molecule has 0 N–H and O–H groups in total. The van der Waals surface area contributed by atoms with Gasteiger partial charge in [-0.05, 0) is 113 Å². The zero-order valence-electron chi connectivity index (χ0n) is 31.3. The summed E-state index contributed by atoms with van der Waals surface area (Å²) in [5.41, 5.74) is 10.6. The van der Waals surface area contributed by atoms with Crippen molar-refractivity contribution in [1.29, 1.82) is 0 Å². The van der Waals surface area contributed by atoms with Gasteiger partial charge in [0.2, 0.25) is 0 Å². The van der Waals surface area contributed by atoms with Gasteiger partial charge >= 0.3 is 0 Å². The molecule has 0 bridgehead atoms. The van der Waals surface area contributed by atoms with Gasteiger partial charge in [0.25, 0.3) is 0 Å². The number of anilines is 3. The zero-order chi connectivity index (χ0) is 37.7. The van der Waals surface area contributed by atoms with E-state index in [0.717, 1.165) is 17.1 Å². The fraction of sp³-hybridized carbons (Fsp3) is 0. The van der Waals surface area contributed by atoms with Gasteiger partial charge in [-0.2, -0.15) is 0 Å². The molecule has 0 unspecified atom stereocenters. The lowest BCUT2D eigenvalue weighted by Gasteiger charge is -2.31. The van der Waals surface area contributed by atoms with Crippen LogP contribution < -0.4 is 4.90 Å². The molecule has 11 rings (SSSR count). The van der Waals surface area contributed by atoms with Crippen LogP contribution in [0.3, 0.4) is 0 Å². The maximum atomic E-state index is 2.48. The van der Waals surface area contributed by atoms with Crippen LogP contribution in [0.4, 0.5) is 17.1 Å². The van der Waals surface area contributed by atoms with Gasteiger partial charge in [-0.3, -0.25) is 0 Å². The van der Waals surface area contributed by atoms with E-state index in [-0.39, 0.29) is 0 Å². The Hall–Kier alpha value is -7.48. The molecule has 0 radical (unpaired) electrons. The highest BCUT2D eigenvalue weighted by Crippen LogP contribution is 2.50. The van der Waals surface area contributed by atoms with Crippen molar-refractivity contribution in [1.82, 2.24) is 0 Å². The average molecular weight is 724 g/mol. The third-order valence-corrected chi connectivity index (χ3v) is 11.6. The van der Waals surface area contributed by atoms with E-state index in [1.807, 2.05) is 0 Å². The smallest absolute Gasteiger partial charge is 0.0624 e. The molecule has 0 aliphatic heterocycles. The van der Waals surface area contributed by atoms with Crippen molar-refractivity contribution >= 4 is 70.9 Å². The Morgan fingerprint density at radius 1 is 0.246 bits per heavy atom. The van der Waals surface area contributed by atoms with E-state index in [1.54, 1.807) is 0 Å². The molecule has 0 amide bonds. The highest BCUT2D eigenvalue weighted by molar-refractivity contribution is 6.22. The standard InChI is InChI=1S/C56H37N/c1-3-15-43-36-45(26-24-38(43)12-1)40-28-32-47(33-29-40)57(48-34-30-42(31-35-48)50-23-11-17-41-14-5-6-18-49(41)50)56-54-22-10-8-20-52(54)51-19-7-9-21-53(51)55(56)46-27-25-39-13-2-4-16-44(39)37-46/h1-37H. The van der Waals surface area contributed by atoms with Crippen LogP contribution >= 0.6 is 0 Å². The monoisotopic (exact) mass is 723 g/mol. The Morgan fingerprint density at radius 2 is 0.684 bits per heavy atom. The second kappa shape index (κ2) is 13.7. The van der Waals surface area contributed by atoms with Crippen molar-refractivity contribution in [2.24, 2.45) is 0 Å². The van der Waals surface area contributed by atoms with Crippen molar-refractivity contribution in [3.63, 3.8) is 0 Å². The molecule has 11 aromatic rings. The number of fused-ring (bicyclic) bond motifs is 6. The van der Waals surface area contributed by atoms with Crippen molar-refractivity contribution in [3.8, 4) is 33.4 Å². The first-order valence-electron chi connectivity index (χ1n) is 19.7. The average Bonchev–Trinajstić information content (AvgIpc) is 3.29. The summed E-state index contributed by atoms with van der Waals surface area (Å²) in [6.07, 6.45) is 0. The van der Waals surface area contributed by atoms with Crippen molar-refractivity contribution in [2.45, 2.75) is 0 Å². The molecule has 0 saturated carbocycles. The van der Waals surface area contributed by atoms with Crippen LogP contribution in [-0.4, -0.2) is 0 Å². The first-order valence-corrected chi connectivity index (χ1v) is 19.7. The molecule has 1 heteroatoms. The van der Waals surface area contributed by atoms with Crippen LogP contribution in [0.2, 0.25) is 0 Å². The minimum absolute atomic E-state index is 1.10. The molecule has 11 aromatic carbocycles. The largest absolute Gasteiger partial charge is 0.309 e. The molecule has 1 nitrogen and oxygen atoms in total. The van der Waals surface area contributed by atoms with Crippen molar-refractivity contribution in [2.75, 3.05) is 4.90 Å². The summed E-state index contributed by atoms with van der Waals surface area (Å²) in [6.45, 7) is 0. The number of hydrogen-bond acceptors (Lipinski definition) is 1. The fourth-order valence-corrected chi connectivity index (χ4v) is 8.84. The molecule has 0 aliphatic carbocycles. The van der Waals surface area contributed by atoms with E-state index >= 15 is 0 Å². The van der Waals surface area contributed by atoms with Gasteiger partial charge in [0.15, 0.2) is 0 Å². The number of rotatable bonds is 6. The summed E-state index contributed by atoms with van der Waals surface area (Å²) in [6, 6.07) is 82.2. The quantitative estimate of drug-likeness (QED) is 0.154. The minimum Gasteiger partial charge on any atom is -0.309 e. The summed E-state index contributed by atoms with van der Waals surface area (Å²) in [5.74, 6) is 0. The fourth-order valence-electron chi connectivity index (χ4n) is 8.84. The van der Waals surface area contributed by atoms with Gasteiger partial charge in [-0.15, -0.1) is 0 Å². The normalized spacial score (nSPS) is 11.5. The summed E-state index contributed by atoms with van der Waals surface area (Å²) >= 11 is 0. The second-order valence-electron chi connectivity index (χ2n) is 14.9. The molecule has 57 heavy (non-hydrogen) atoms. The summed E-state index contributed by atoms with van der Waals surface area (Å²) in [4.78, 5) is 2.48. The maximum absolute atomic E-state index is 2.48. The Kier molecular flexibility index (Phi) is 7.89. The van der Waals surface area contributed by atoms with Crippen LogP contribution in [0.5, 0.6) is 0 Å². The van der Waals surface area contributed by atoms with E-state index in [0.29, 0.717) is 0 Å². The van der Waals surface area contributed by atoms with Gasteiger partial charge in [0.05, 0.1) is 5.69 Å². The number of benzene rings is 11. The SMILES string of the molecule is c1ccc2cc(-c3ccc(N(c4ccc(-c5cccc6ccccc56)cc4)c4c(-c5ccc6ccccc6c5)c5ccccc5c5ccccc45)cc3)ccc2c1. The van der Waals surface area contributed by atoms with Gasteiger partial charge < -0.3 is 4.90 Å². The molecular formula is C56H37N. The molecule has 0 heterocycles. The number of nitrogens with zero attached hydrogens (tertiary/aromatic N) is 1. The molecule has 0 aromatic heterocycles. The first kappa shape index (κ1) is 32.9. The molecular weight excluding hydrogens is 687 g/mol. The van der Waals surface area contributed by atoms with E-state index in [1.165, 1.54) is 87.2 Å². The van der Waals surface area contributed by atoms with Crippen LogP contribution in [0.25, 0.3) is 87.2 Å². The van der Waals surface area contributed by atoms with Crippen LogP contribution in [0.15, 0.2) is 224 Å². The Morgan fingerprint density at radius 3 is 1.33 bits per heavy atom. The van der Waals surface area contributed by atoms with Gasteiger partial charge in [0.1, 0.15) is 0 Å². The highest BCUT2D eigenvalue weighted by atomic mass is 15.1. The van der Waals surface area contributed by atoms with E-state index in [4.69, 9.17) is 0 Å². The van der Waals surface area contributed by atoms with E-state index in [2.05, 4.69) is 229 Å². The Bertz CT molecular complexity index is 3280. The van der Waals surface area contributed by atoms with Crippen LogP contribution in [0.1, 0.15) is 0 Å². The number of hydrogen-bond donors (Lipinski definition) is 0. The third-order valence-electron chi connectivity index (χ3n) is 11.6. The van der Waals surface area contributed by atoms with Crippen LogP contribution in [0, 0.1) is 0 Å². The molecule has 0 saturated heterocycles. The Labute approximate surface area is 332 Å². The molecule has 0 aliphatic rings. The van der Waals surface area contributed by atoms with Crippen molar-refractivity contribution in [3.05, 3.63) is 224 Å². The van der Waals surface area contributed by atoms with Gasteiger partial charge in [0, 0.05) is 22.3 Å². The molecule has 0 spiro atoms. The zero-order valence-corrected chi connectivity index (χ0v) is 31.3. The molecule has 0 atom stereocenters. The lowest BCUT2D eigenvalue weighted by Crippen LogP contribution is -2.12. The van der Waals surface area contributed by atoms with Crippen LogP contribution in [-0.2, 0) is 0 Å². The highest BCUT2D eigenvalue weighted by Gasteiger charge is 2.24. The third kappa shape index (κ3) is 5.72. The lowest BCUT2D eigenvalue weighted by molar-refractivity contribution is 1.30. The Balaban J connectivity index is 1.16. The lowest BCUT2D eigenvalue weighted by atomic mass is 9.89.